The van der Waals surface area contributed by atoms with Crippen molar-refractivity contribution >= 4 is 44.5 Å². The lowest BCUT2D eigenvalue weighted by Gasteiger charge is -2.12. The highest BCUT2D eigenvalue weighted by Gasteiger charge is 2.12. The van der Waals surface area contributed by atoms with Gasteiger partial charge in [0, 0.05) is 34.6 Å². The SMILES string of the molecule is Cc1cc(OCCCCn2c(CCNC(=O)c3cccc(Br)c3)nc3ccccc32)cc(C)c1Cl. The standard InChI is InChI=1S/C28H29BrClN3O2/c1-19-16-23(17-20(2)27(19)30)35-15-6-5-14-33-25-11-4-3-10-24(25)32-26(33)12-13-31-28(34)21-8-7-9-22(29)18-21/h3-4,7-11,16-18H,5-6,12-15H2,1-2H3,(H,31,34). The van der Waals surface area contributed by atoms with Crippen LogP contribution in [-0.2, 0) is 13.0 Å². The van der Waals surface area contributed by atoms with Gasteiger partial charge in [0.25, 0.3) is 5.91 Å². The molecule has 1 amide bonds. The van der Waals surface area contributed by atoms with Crippen molar-refractivity contribution in [2.75, 3.05) is 13.2 Å². The summed E-state index contributed by atoms with van der Waals surface area (Å²) >= 11 is 9.67. The monoisotopic (exact) mass is 553 g/mol. The Morgan fingerprint density at radius 2 is 1.83 bits per heavy atom. The van der Waals surface area contributed by atoms with Gasteiger partial charge < -0.3 is 14.6 Å². The van der Waals surface area contributed by atoms with Crippen LogP contribution in [-0.4, -0.2) is 28.6 Å². The van der Waals surface area contributed by atoms with Crippen LogP contribution < -0.4 is 10.1 Å². The number of hydrogen-bond acceptors (Lipinski definition) is 3. The topological polar surface area (TPSA) is 56.1 Å². The molecule has 0 atom stereocenters. The molecule has 5 nitrogen and oxygen atoms in total. The number of aromatic nitrogens is 2. The maximum atomic E-state index is 12.5. The number of hydrogen-bond donors (Lipinski definition) is 1. The van der Waals surface area contributed by atoms with Gasteiger partial charge in [0.1, 0.15) is 11.6 Å². The smallest absolute Gasteiger partial charge is 0.251 e. The van der Waals surface area contributed by atoms with Gasteiger partial charge in [-0.25, -0.2) is 4.98 Å². The lowest BCUT2D eigenvalue weighted by atomic mass is 10.1. The van der Waals surface area contributed by atoms with Crippen LogP contribution in [0.15, 0.2) is 65.1 Å². The third kappa shape index (κ3) is 6.44. The molecule has 0 spiro atoms. The number of nitrogens with zero attached hydrogens (tertiary/aromatic N) is 2. The first-order chi connectivity index (χ1) is 16.9. The molecular formula is C28H29BrClN3O2. The first-order valence-corrected chi connectivity index (χ1v) is 13.0. The number of unbranched alkanes of at least 4 members (excludes halogenated alkanes) is 1. The predicted molar refractivity (Wildman–Crippen MR) is 146 cm³/mol. The summed E-state index contributed by atoms with van der Waals surface area (Å²) in [6, 6.07) is 19.5. The number of nitrogens with one attached hydrogen (secondary N) is 1. The van der Waals surface area contributed by atoms with Crippen molar-refractivity contribution in [3.05, 3.63) is 92.7 Å². The van der Waals surface area contributed by atoms with E-state index in [1.165, 1.54) is 0 Å². The number of amides is 1. The maximum absolute atomic E-state index is 12.5. The molecule has 35 heavy (non-hydrogen) atoms. The zero-order chi connectivity index (χ0) is 24.8. The summed E-state index contributed by atoms with van der Waals surface area (Å²) in [5.41, 5.74) is 4.79. The molecule has 0 aliphatic carbocycles. The minimum atomic E-state index is -0.0845. The van der Waals surface area contributed by atoms with Crippen LogP contribution in [0, 0.1) is 13.8 Å². The minimum absolute atomic E-state index is 0.0845. The van der Waals surface area contributed by atoms with Crippen molar-refractivity contribution in [1.82, 2.24) is 14.9 Å². The summed E-state index contributed by atoms with van der Waals surface area (Å²) in [4.78, 5) is 17.3. The number of rotatable bonds is 10. The lowest BCUT2D eigenvalue weighted by Crippen LogP contribution is -2.26. The Kier molecular flexibility index (Phi) is 8.47. The van der Waals surface area contributed by atoms with Crippen molar-refractivity contribution in [3.8, 4) is 5.75 Å². The molecule has 1 aromatic heterocycles. The third-order valence-electron chi connectivity index (χ3n) is 5.91. The van der Waals surface area contributed by atoms with E-state index in [1.54, 1.807) is 0 Å². The summed E-state index contributed by atoms with van der Waals surface area (Å²) in [7, 11) is 0. The largest absolute Gasteiger partial charge is 0.494 e. The fourth-order valence-corrected chi connectivity index (χ4v) is 4.65. The van der Waals surface area contributed by atoms with Gasteiger partial charge in [-0.3, -0.25) is 4.79 Å². The van der Waals surface area contributed by atoms with E-state index in [9.17, 15) is 4.79 Å². The van der Waals surface area contributed by atoms with E-state index in [1.807, 2.05) is 68.4 Å². The second-order valence-corrected chi connectivity index (χ2v) is 9.90. The van der Waals surface area contributed by atoms with Gasteiger partial charge in [0.15, 0.2) is 0 Å². The molecular weight excluding hydrogens is 526 g/mol. The van der Waals surface area contributed by atoms with E-state index >= 15 is 0 Å². The van der Waals surface area contributed by atoms with Crippen LogP contribution in [0.1, 0.15) is 40.2 Å². The van der Waals surface area contributed by atoms with Gasteiger partial charge >= 0.3 is 0 Å². The predicted octanol–water partition coefficient (Wildman–Crippen LogP) is 6.90. The van der Waals surface area contributed by atoms with E-state index in [-0.39, 0.29) is 5.91 Å². The second kappa shape index (κ2) is 11.7. The Balaban J connectivity index is 1.33. The normalized spacial score (nSPS) is 11.1. The van der Waals surface area contributed by atoms with Gasteiger partial charge in [-0.2, -0.15) is 0 Å². The van der Waals surface area contributed by atoms with Crippen LogP contribution in [0.5, 0.6) is 5.75 Å². The van der Waals surface area contributed by atoms with E-state index in [0.29, 0.717) is 25.1 Å². The van der Waals surface area contributed by atoms with E-state index < -0.39 is 0 Å². The second-order valence-electron chi connectivity index (χ2n) is 8.61. The Hall–Kier alpha value is -2.83. The van der Waals surface area contributed by atoms with Crippen LogP contribution >= 0.6 is 27.5 Å². The number of ether oxygens (including phenoxy) is 1. The Labute approximate surface area is 219 Å². The van der Waals surface area contributed by atoms with E-state index in [4.69, 9.17) is 21.3 Å². The first kappa shape index (κ1) is 25.3. The van der Waals surface area contributed by atoms with Gasteiger partial charge in [-0.05, 0) is 80.3 Å². The molecule has 0 saturated heterocycles. The molecule has 0 radical (unpaired) electrons. The number of imidazole rings is 1. The quantitative estimate of drug-likeness (QED) is 0.217. The molecule has 0 saturated carbocycles. The fraction of sp³-hybridized carbons (Fsp3) is 0.286. The van der Waals surface area contributed by atoms with Crippen molar-refractivity contribution in [2.24, 2.45) is 0 Å². The molecule has 0 bridgehead atoms. The number of aryl methyl sites for hydroxylation is 3. The number of fused-ring (bicyclic) bond motifs is 1. The number of carbonyl (C=O) groups excluding carboxylic acids is 1. The van der Waals surface area contributed by atoms with Crippen molar-refractivity contribution in [3.63, 3.8) is 0 Å². The average molecular weight is 555 g/mol. The molecule has 0 aliphatic heterocycles. The zero-order valence-electron chi connectivity index (χ0n) is 20.0. The molecule has 0 fully saturated rings. The Morgan fingerprint density at radius 1 is 1.06 bits per heavy atom. The third-order valence-corrected chi connectivity index (χ3v) is 7.00. The van der Waals surface area contributed by atoms with Gasteiger partial charge in [0.05, 0.1) is 17.6 Å². The zero-order valence-corrected chi connectivity index (χ0v) is 22.3. The molecule has 3 aromatic carbocycles. The molecule has 182 valence electrons. The van der Waals surface area contributed by atoms with E-state index in [2.05, 4.69) is 31.9 Å². The molecule has 1 N–H and O–H groups in total. The number of halogens is 2. The molecule has 4 rings (SSSR count). The summed E-state index contributed by atoms with van der Waals surface area (Å²) < 4.78 is 9.11. The van der Waals surface area contributed by atoms with Crippen molar-refractivity contribution in [1.29, 1.82) is 0 Å². The van der Waals surface area contributed by atoms with Crippen molar-refractivity contribution in [2.45, 2.75) is 39.7 Å². The molecule has 0 unspecified atom stereocenters. The number of benzene rings is 3. The van der Waals surface area contributed by atoms with Crippen LogP contribution in [0.25, 0.3) is 11.0 Å². The molecule has 4 aromatic rings. The van der Waals surface area contributed by atoms with Crippen molar-refractivity contribution < 1.29 is 9.53 Å². The highest BCUT2D eigenvalue weighted by atomic mass is 79.9. The average Bonchev–Trinajstić information content (AvgIpc) is 3.19. The molecule has 0 aliphatic rings. The summed E-state index contributed by atoms with van der Waals surface area (Å²) in [6.07, 6.45) is 2.55. The van der Waals surface area contributed by atoms with E-state index in [0.717, 1.165) is 62.6 Å². The summed E-state index contributed by atoms with van der Waals surface area (Å²) in [5.74, 6) is 1.75. The minimum Gasteiger partial charge on any atom is -0.494 e. The highest BCUT2D eigenvalue weighted by molar-refractivity contribution is 9.10. The van der Waals surface area contributed by atoms with Crippen LogP contribution in [0.4, 0.5) is 0 Å². The van der Waals surface area contributed by atoms with Gasteiger partial charge in [-0.1, -0.05) is 45.7 Å². The lowest BCUT2D eigenvalue weighted by molar-refractivity contribution is 0.0954. The van der Waals surface area contributed by atoms with Crippen LogP contribution in [0.2, 0.25) is 5.02 Å². The number of para-hydroxylation sites is 2. The maximum Gasteiger partial charge on any atom is 0.251 e. The summed E-state index contributed by atoms with van der Waals surface area (Å²) in [5, 5.41) is 3.81. The molecule has 7 heteroatoms. The van der Waals surface area contributed by atoms with Gasteiger partial charge in [-0.15, -0.1) is 0 Å². The number of carbonyl (C=O) groups is 1. The van der Waals surface area contributed by atoms with Gasteiger partial charge in [0.2, 0.25) is 0 Å². The first-order valence-electron chi connectivity index (χ1n) is 11.8. The van der Waals surface area contributed by atoms with Crippen LogP contribution in [0.3, 0.4) is 0 Å². The Morgan fingerprint density at radius 3 is 2.60 bits per heavy atom. The summed E-state index contributed by atoms with van der Waals surface area (Å²) in [6.45, 7) is 6.00. The Bertz CT molecular complexity index is 1310. The molecule has 1 heterocycles. The fourth-order valence-electron chi connectivity index (χ4n) is 4.14. The highest BCUT2D eigenvalue weighted by Crippen LogP contribution is 2.26.